The Kier molecular flexibility index (Phi) is 4.77. The molecule has 0 spiro atoms. The van der Waals surface area contributed by atoms with Crippen LogP contribution in [0.2, 0.25) is 5.02 Å². The van der Waals surface area contributed by atoms with E-state index in [2.05, 4.69) is 5.32 Å². The van der Waals surface area contributed by atoms with Gasteiger partial charge in [-0.2, -0.15) is 0 Å². The largest absolute Gasteiger partial charge is 0.340 e. The predicted octanol–water partition coefficient (Wildman–Crippen LogP) is 1.94. The molecule has 0 fully saturated rings. The van der Waals surface area contributed by atoms with E-state index in [0.717, 1.165) is 12.1 Å². The maximum Gasteiger partial charge on any atom is 0.255 e. The molecule has 0 bridgehead atoms. The number of nitrogens with zero attached hydrogens (tertiary/aromatic N) is 1. The maximum atomic E-state index is 12.0. The zero-order valence-electron chi connectivity index (χ0n) is 9.88. The maximum absolute atomic E-state index is 12.0. The van der Waals surface area contributed by atoms with Gasteiger partial charge in [-0.25, -0.2) is 0 Å². The van der Waals surface area contributed by atoms with Gasteiger partial charge >= 0.3 is 0 Å². The van der Waals surface area contributed by atoms with Crippen LogP contribution in [-0.4, -0.2) is 38.0 Å². The Morgan fingerprint density at radius 2 is 2.19 bits per heavy atom. The van der Waals surface area contributed by atoms with Crippen LogP contribution >= 0.6 is 11.6 Å². The lowest BCUT2D eigenvalue weighted by atomic mass is 10.1. The van der Waals surface area contributed by atoms with Gasteiger partial charge in [-0.15, -0.1) is 0 Å². The molecule has 0 radical (unpaired) electrons. The number of carbonyl (C=O) groups excluding carboxylic acids is 1. The van der Waals surface area contributed by atoms with Crippen molar-refractivity contribution in [2.24, 2.45) is 0 Å². The van der Waals surface area contributed by atoms with E-state index < -0.39 is 0 Å². The number of aryl methyl sites for hydroxylation is 1. The Bertz CT molecular complexity index is 379. The molecule has 3 nitrogen and oxygen atoms in total. The van der Waals surface area contributed by atoms with Crippen molar-refractivity contribution in [2.45, 2.75) is 6.92 Å². The first-order chi connectivity index (χ1) is 7.57. The first-order valence-corrected chi connectivity index (χ1v) is 5.61. The van der Waals surface area contributed by atoms with Gasteiger partial charge in [0.15, 0.2) is 0 Å². The van der Waals surface area contributed by atoms with Gasteiger partial charge in [0.2, 0.25) is 0 Å². The third-order valence-corrected chi connectivity index (χ3v) is 2.97. The summed E-state index contributed by atoms with van der Waals surface area (Å²) in [6, 6.07) is 5.50. The summed E-state index contributed by atoms with van der Waals surface area (Å²) in [5.41, 5.74) is 1.50. The summed E-state index contributed by atoms with van der Waals surface area (Å²) in [6.45, 7) is 3.33. The Morgan fingerprint density at radius 1 is 1.50 bits per heavy atom. The fourth-order valence-electron chi connectivity index (χ4n) is 1.40. The van der Waals surface area contributed by atoms with Crippen LogP contribution in [0.4, 0.5) is 0 Å². The Hall–Kier alpha value is -1.06. The zero-order valence-corrected chi connectivity index (χ0v) is 10.6. The van der Waals surface area contributed by atoms with Gasteiger partial charge in [-0.1, -0.05) is 23.7 Å². The smallest absolute Gasteiger partial charge is 0.255 e. The van der Waals surface area contributed by atoms with E-state index in [9.17, 15) is 4.79 Å². The second-order valence-corrected chi connectivity index (χ2v) is 4.14. The number of carbonyl (C=O) groups is 1. The molecule has 0 atom stereocenters. The lowest BCUT2D eigenvalue weighted by Gasteiger charge is -2.18. The van der Waals surface area contributed by atoms with Crippen molar-refractivity contribution in [3.63, 3.8) is 0 Å². The minimum absolute atomic E-state index is 0.0380. The van der Waals surface area contributed by atoms with Crippen LogP contribution in [0.15, 0.2) is 18.2 Å². The molecule has 1 aromatic carbocycles. The van der Waals surface area contributed by atoms with Crippen LogP contribution in [0.1, 0.15) is 15.9 Å². The summed E-state index contributed by atoms with van der Waals surface area (Å²) in [4.78, 5) is 13.7. The van der Waals surface area contributed by atoms with E-state index in [0.29, 0.717) is 17.1 Å². The summed E-state index contributed by atoms with van der Waals surface area (Å²) >= 11 is 6.10. The lowest BCUT2D eigenvalue weighted by Crippen LogP contribution is -2.33. The zero-order chi connectivity index (χ0) is 12.1. The molecule has 1 rings (SSSR count). The summed E-state index contributed by atoms with van der Waals surface area (Å²) < 4.78 is 0. The van der Waals surface area contributed by atoms with Gasteiger partial charge in [0.05, 0.1) is 10.6 Å². The number of nitrogens with one attached hydrogen (secondary N) is 1. The molecule has 1 amide bonds. The molecule has 0 aliphatic carbocycles. The normalized spacial score (nSPS) is 10.2. The lowest BCUT2D eigenvalue weighted by molar-refractivity contribution is 0.0797. The van der Waals surface area contributed by atoms with Gasteiger partial charge in [0.25, 0.3) is 5.91 Å². The molecule has 16 heavy (non-hydrogen) atoms. The van der Waals surface area contributed by atoms with E-state index >= 15 is 0 Å². The average Bonchev–Trinajstić information content (AvgIpc) is 2.28. The monoisotopic (exact) mass is 240 g/mol. The Balaban J connectivity index is 2.84. The minimum atomic E-state index is -0.0380. The molecule has 0 unspecified atom stereocenters. The Labute approximate surface area is 101 Å². The number of likely N-dealkylation sites (N-methyl/N-ethyl adjacent to an activating group) is 2. The third-order valence-electron chi connectivity index (χ3n) is 2.47. The molecular formula is C12H17ClN2O. The topological polar surface area (TPSA) is 32.3 Å². The standard InChI is InChI=1S/C12H17ClN2O/c1-9-5-4-6-10(11(9)13)12(16)15(3)8-7-14-2/h4-6,14H,7-8H2,1-3H3. The molecule has 0 aromatic heterocycles. The van der Waals surface area contributed by atoms with E-state index in [1.54, 1.807) is 18.0 Å². The van der Waals surface area contributed by atoms with Crippen molar-refractivity contribution in [3.05, 3.63) is 34.3 Å². The van der Waals surface area contributed by atoms with Crippen LogP contribution in [0, 0.1) is 6.92 Å². The first-order valence-electron chi connectivity index (χ1n) is 5.23. The summed E-state index contributed by atoms with van der Waals surface area (Å²) in [5, 5.41) is 3.55. The fraction of sp³-hybridized carbons (Fsp3) is 0.417. The second-order valence-electron chi connectivity index (χ2n) is 3.77. The highest BCUT2D eigenvalue weighted by Crippen LogP contribution is 2.21. The van der Waals surface area contributed by atoms with Crippen molar-refractivity contribution in [1.82, 2.24) is 10.2 Å². The van der Waals surface area contributed by atoms with E-state index in [1.807, 2.05) is 26.1 Å². The van der Waals surface area contributed by atoms with Crippen LogP contribution in [-0.2, 0) is 0 Å². The van der Waals surface area contributed by atoms with Crippen LogP contribution < -0.4 is 5.32 Å². The molecule has 1 aromatic rings. The summed E-state index contributed by atoms with van der Waals surface area (Å²) in [6.07, 6.45) is 0. The highest BCUT2D eigenvalue weighted by molar-refractivity contribution is 6.34. The number of benzene rings is 1. The molecule has 88 valence electrons. The quantitative estimate of drug-likeness (QED) is 0.873. The van der Waals surface area contributed by atoms with E-state index in [4.69, 9.17) is 11.6 Å². The van der Waals surface area contributed by atoms with Gasteiger partial charge < -0.3 is 10.2 Å². The molecular weight excluding hydrogens is 224 g/mol. The van der Waals surface area contributed by atoms with Crippen LogP contribution in [0.5, 0.6) is 0 Å². The first kappa shape index (κ1) is 13.0. The SMILES string of the molecule is CNCCN(C)C(=O)c1cccc(C)c1Cl. The van der Waals surface area contributed by atoms with Gasteiger partial charge in [-0.3, -0.25) is 4.79 Å². The average molecular weight is 241 g/mol. The molecule has 4 heteroatoms. The molecule has 0 aliphatic heterocycles. The highest BCUT2D eigenvalue weighted by atomic mass is 35.5. The molecule has 0 saturated carbocycles. The minimum Gasteiger partial charge on any atom is -0.340 e. The van der Waals surface area contributed by atoms with Crippen LogP contribution in [0.25, 0.3) is 0 Å². The fourth-order valence-corrected chi connectivity index (χ4v) is 1.61. The summed E-state index contributed by atoms with van der Waals surface area (Å²) in [7, 11) is 3.64. The highest BCUT2D eigenvalue weighted by Gasteiger charge is 2.15. The van der Waals surface area contributed by atoms with Crippen molar-refractivity contribution in [2.75, 3.05) is 27.2 Å². The molecule has 0 saturated heterocycles. The van der Waals surface area contributed by atoms with E-state index in [-0.39, 0.29) is 5.91 Å². The number of hydrogen-bond acceptors (Lipinski definition) is 2. The number of halogens is 1. The molecule has 0 heterocycles. The number of hydrogen-bond donors (Lipinski definition) is 1. The third kappa shape index (κ3) is 2.97. The Morgan fingerprint density at radius 3 is 2.81 bits per heavy atom. The van der Waals surface area contributed by atoms with Crippen molar-refractivity contribution < 1.29 is 4.79 Å². The van der Waals surface area contributed by atoms with Gasteiger partial charge in [0.1, 0.15) is 0 Å². The van der Waals surface area contributed by atoms with E-state index in [1.165, 1.54) is 0 Å². The predicted molar refractivity (Wildman–Crippen MR) is 67.1 cm³/mol. The van der Waals surface area contributed by atoms with Crippen molar-refractivity contribution >= 4 is 17.5 Å². The number of rotatable bonds is 4. The second kappa shape index (κ2) is 5.87. The summed E-state index contributed by atoms with van der Waals surface area (Å²) in [5.74, 6) is -0.0380. The van der Waals surface area contributed by atoms with Gasteiger partial charge in [0, 0.05) is 20.1 Å². The molecule has 0 aliphatic rings. The van der Waals surface area contributed by atoms with Gasteiger partial charge in [-0.05, 0) is 25.6 Å². The molecule has 1 N–H and O–H groups in total. The number of amides is 1. The van der Waals surface area contributed by atoms with Crippen molar-refractivity contribution in [1.29, 1.82) is 0 Å². The van der Waals surface area contributed by atoms with Crippen LogP contribution in [0.3, 0.4) is 0 Å². The van der Waals surface area contributed by atoms with Crippen molar-refractivity contribution in [3.8, 4) is 0 Å².